The van der Waals surface area contributed by atoms with Crippen molar-refractivity contribution in [2.75, 3.05) is 0 Å². The monoisotopic (exact) mass is 261 g/mol. The number of rotatable bonds is 2. The van der Waals surface area contributed by atoms with Crippen LogP contribution in [-0.2, 0) is 6.18 Å². The van der Waals surface area contributed by atoms with E-state index in [0.717, 1.165) is 13.0 Å². The number of benzene rings is 1. The van der Waals surface area contributed by atoms with Gasteiger partial charge in [-0.25, -0.2) is 0 Å². The molecule has 0 spiro atoms. The van der Waals surface area contributed by atoms with Crippen LogP contribution in [0.15, 0.2) is 42.4 Å². The first kappa shape index (κ1) is 13.2. The van der Waals surface area contributed by atoms with Crippen molar-refractivity contribution in [2.45, 2.75) is 6.18 Å². The minimum atomic E-state index is -4.35. The van der Waals surface area contributed by atoms with Crippen LogP contribution in [0.5, 0.6) is 11.5 Å². The van der Waals surface area contributed by atoms with Crippen molar-refractivity contribution >= 4 is 6.91 Å². The van der Waals surface area contributed by atoms with Crippen molar-refractivity contribution < 1.29 is 17.9 Å². The van der Waals surface area contributed by atoms with Gasteiger partial charge in [0, 0.05) is 0 Å². The first-order valence-electron chi connectivity index (χ1n) is 5.34. The molecule has 0 saturated heterocycles. The summed E-state index contributed by atoms with van der Waals surface area (Å²) in [6.07, 6.45) is -4.35. The Morgan fingerprint density at radius 3 is 2.11 bits per heavy atom. The SMILES string of the molecule is N#Cc1ccc(Oc2cbc(C(F)(F)F)cc2)cc1. The Kier molecular flexibility index (Phi) is 3.56. The molecule has 0 atom stereocenters. The van der Waals surface area contributed by atoms with Crippen molar-refractivity contribution in [3.63, 3.8) is 0 Å². The Hall–Kier alpha value is -2.29. The molecule has 1 aromatic heterocycles. The molecule has 0 radical (unpaired) electrons. The predicted octanol–water partition coefficient (Wildman–Crippen LogP) is 3.71. The molecular formula is C13H7BF3NO. The van der Waals surface area contributed by atoms with Crippen molar-refractivity contribution in [3.05, 3.63) is 53.4 Å². The molecule has 0 saturated carbocycles. The zero-order valence-corrected chi connectivity index (χ0v) is 9.61. The second-order valence-electron chi connectivity index (χ2n) is 3.76. The third-order valence-corrected chi connectivity index (χ3v) is 2.40. The summed E-state index contributed by atoms with van der Waals surface area (Å²) in [5, 5.41) is 8.63. The van der Waals surface area contributed by atoms with Crippen LogP contribution in [0, 0.1) is 11.3 Å². The van der Waals surface area contributed by atoms with Crippen LogP contribution in [-0.4, -0.2) is 6.91 Å². The van der Waals surface area contributed by atoms with Gasteiger partial charge in [-0.2, -0.15) is 0 Å². The van der Waals surface area contributed by atoms with E-state index < -0.39 is 11.6 Å². The number of nitrogens with zero attached hydrogens (tertiary/aromatic N) is 1. The predicted molar refractivity (Wildman–Crippen MR) is 64.0 cm³/mol. The van der Waals surface area contributed by atoms with Crippen molar-refractivity contribution in [3.8, 4) is 17.6 Å². The first-order valence-corrected chi connectivity index (χ1v) is 5.34. The summed E-state index contributed by atoms with van der Waals surface area (Å²) in [7, 11) is 0. The summed E-state index contributed by atoms with van der Waals surface area (Å²) >= 11 is 0. The number of hydrogen-bond acceptors (Lipinski definition) is 2. The number of nitriles is 1. The summed E-state index contributed by atoms with van der Waals surface area (Å²) in [5.41, 5.74) is -0.237. The molecule has 1 aromatic carbocycles. The van der Waals surface area contributed by atoms with E-state index in [9.17, 15) is 13.2 Å². The maximum atomic E-state index is 12.4. The number of alkyl halides is 3. The fourth-order valence-corrected chi connectivity index (χ4v) is 1.45. The van der Waals surface area contributed by atoms with Crippen LogP contribution in [0.25, 0.3) is 0 Å². The number of halogens is 3. The molecule has 0 unspecified atom stereocenters. The van der Waals surface area contributed by atoms with Gasteiger partial charge in [0.05, 0.1) is 0 Å². The Balaban J connectivity index is 2.13. The van der Waals surface area contributed by atoms with Crippen molar-refractivity contribution in [1.29, 1.82) is 5.26 Å². The summed E-state index contributed by atoms with van der Waals surface area (Å²) < 4.78 is 42.4. The molecule has 2 aromatic rings. The molecule has 0 aliphatic heterocycles. The summed E-state index contributed by atoms with van der Waals surface area (Å²) in [5.74, 6) is 2.01. The average Bonchev–Trinajstić information content (AvgIpc) is 2.39. The zero-order chi connectivity index (χ0) is 13.9. The van der Waals surface area contributed by atoms with E-state index in [1.165, 1.54) is 12.0 Å². The molecule has 0 aliphatic rings. The van der Waals surface area contributed by atoms with Gasteiger partial charge in [0.1, 0.15) is 0 Å². The minimum absolute atomic E-state index is 0.303. The van der Waals surface area contributed by atoms with Gasteiger partial charge in [0.2, 0.25) is 0 Å². The van der Waals surface area contributed by atoms with Crippen LogP contribution in [0.3, 0.4) is 0 Å². The van der Waals surface area contributed by atoms with Gasteiger partial charge in [-0.15, -0.1) is 0 Å². The molecule has 19 heavy (non-hydrogen) atoms. The Morgan fingerprint density at radius 2 is 1.63 bits per heavy atom. The fraction of sp³-hybridized carbons (Fsp3) is 0.0769. The molecular weight excluding hydrogens is 254 g/mol. The summed E-state index contributed by atoms with van der Waals surface area (Å²) in [4.78, 5) is 0. The average molecular weight is 261 g/mol. The van der Waals surface area contributed by atoms with Crippen molar-refractivity contribution in [2.24, 2.45) is 0 Å². The van der Waals surface area contributed by atoms with Crippen LogP contribution in [0.2, 0.25) is 0 Å². The van der Waals surface area contributed by atoms with E-state index in [0.29, 0.717) is 17.1 Å². The van der Waals surface area contributed by atoms with Gasteiger partial charge in [-0.1, -0.05) is 0 Å². The first-order chi connectivity index (χ1) is 8.99. The van der Waals surface area contributed by atoms with E-state index in [-0.39, 0.29) is 0 Å². The van der Waals surface area contributed by atoms with Gasteiger partial charge in [-0.05, 0) is 0 Å². The molecule has 0 N–H and O–H groups in total. The molecule has 2 rings (SSSR count). The molecule has 94 valence electrons. The van der Waals surface area contributed by atoms with E-state index in [4.69, 9.17) is 10.00 Å². The Bertz CT molecular complexity index is 600. The summed E-state index contributed by atoms with van der Waals surface area (Å²) in [6, 6.07) is 10.5. The van der Waals surface area contributed by atoms with Crippen LogP contribution in [0.1, 0.15) is 11.0 Å². The molecule has 0 aliphatic carbocycles. The standard InChI is InChI=1S/C13H7BF3NO/c15-13(16,17)12-6-5-11(7-14-12)19-10-3-1-9(8-18)2-4-10/h1-7H. The van der Waals surface area contributed by atoms with Gasteiger partial charge in [0.15, 0.2) is 0 Å². The van der Waals surface area contributed by atoms with Gasteiger partial charge < -0.3 is 0 Å². The molecule has 6 heteroatoms. The van der Waals surface area contributed by atoms with Crippen LogP contribution < -0.4 is 4.74 Å². The van der Waals surface area contributed by atoms with Crippen LogP contribution in [0.4, 0.5) is 13.2 Å². The van der Waals surface area contributed by atoms with E-state index in [1.807, 2.05) is 6.07 Å². The van der Waals surface area contributed by atoms with Gasteiger partial charge in [-0.3, -0.25) is 0 Å². The number of ether oxygens (including phenoxy) is 1. The zero-order valence-electron chi connectivity index (χ0n) is 9.61. The van der Waals surface area contributed by atoms with E-state index in [1.54, 1.807) is 24.3 Å². The van der Waals surface area contributed by atoms with Crippen molar-refractivity contribution in [1.82, 2.24) is 0 Å². The molecule has 0 fully saturated rings. The topological polar surface area (TPSA) is 33.0 Å². The fourth-order valence-electron chi connectivity index (χ4n) is 1.45. The Morgan fingerprint density at radius 1 is 1.00 bits per heavy atom. The summed E-state index contributed by atoms with van der Waals surface area (Å²) in [6.45, 7) is 0.957. The van der Waals surface area contributed by atoms with E-state index in [2.05, 4.69) is 0 Å². The van der Waals surface area contributed by atoms with Crippen LogP contribution >= 0.6 is 0 Å². The molecule has 0 bridgehead atoms. The molecule has 0 amide bonds. The van der Waals surface area contributed by atoms with Gasteiger partial charge >= 0.3 is 107 Å². The molecule has 2 nitrogen and oxygen atoms in total. The number of hydrogen-bond donors (Lipinski definition) is 0. The quantitative estimate of drug-likeness (QED) is 0.825. The maximum absolute atomic E-state index is 12.4. The normalized spacial score (nSPS) is 10.6. The molecule has 1 heterocycles. The van der Waals surface area contributed by atoms with Gasteiger partial charge in [0.25, 0.3) is 0 Å². The Labute approximate surface area is 108 Å². The van der Waals surface area contributed by atoms with E-state index >= 15 is 0 Å². The third kappa shape index (κ3) is 3.35. The second kappa shape index (κ2) is 5.15. The third-order valence-electron chi connectivity index (χ3n) is 2.40. The second-order valence-corrected chi connectivity index (χ2v) is 3.76.